The molecule has 0 saturated carbocycles. The summed E-state index contributed by atoms with van der Waals surface area (Å²) in [6.45, 7) is 0. The second kappa shape index (κ2) is 18.5. The van der Waals surface area contributed by atoms with E-state index in [4.69, 9.17) is 0 Å². The first-order valence-electron chi connectivity index (χ1n) is 27.3. The molecule has 0 radical (unpaired) electrons. The molecule has 1 heteroatoms. The largest absolute Gasteiger partial charge is 0.0617 e. The molecule has 0 aliphatic heterocycles. The van der Waals surface area contributed by atoms with Crippen LogP contribution in [0.25, 0.3) is 162 Å². The van der Waals surface area contributed by atoms with Crippen LogP contribution in [0.3, 0.4) is 0 Å². The van der Waals surface area contributed by atoms with E-state index in [0.29, 0.717) is 0 Å². The summed E-state index contributed by atoms with van der Waals surface area (Å²) in [5.41, 5.74) is 17.6. The van der Waals surface area contributed by atoms with E-state index in [0.717, 1.165) is 0 Å². The summed E-state index contributed by atoms with van der Waals surface area (Å²) in [5.74, 6) is 0. The number of hydrogen-bond donors (Lipinski definition) is 0. The zero-order valence-corrected chi connectivity index (χ0v) is 44.8. The van der Waals surface area contributed by atoms with E-state index in [-0.39, 0.29) is 14.5 Å². The molecule has 0 nitrogen and oxygen atoms in total. The van der Waals surface area contributed by atoms with Gasteiger partial charge in [-0.15, -0.1) is 0 Å². The fraction of sp³-hybridized carbons (Fsp3) is 0. The third-order valence-electron chi connectivity index (χ3n) is 16.7. The van der Waals surface area contributed by atoms with Gasteiger partial charge in [0.2, 0.25) is 0 Å². The van der Waals surface area contributed by atoms with Crippen LogP contribution in [0.1, 0.15) is 0 Å². The maximum atomic E-state index is 2.53. The molecule has 16 aromatic rings. The Morgan fingerprint density at radius 1 is 0.165 bits per heavy atom. The van der Waals surface area contributed by atoms with Gasteiger partial charge in [0, 0.05) is 0 Å². The first kappa shape index (κ1) is 45.6. The number of hydrogen-bond acceptors (Lipinski definition) is 0. The maximum absolute atomic E-state index is 2.53. The van der Waals surface area contributed by atoms with Crippen molar-refractivity contribution in [1.29, 1.82) is 0 Å². The van der Waals surface area contributed by atoms with Gasteiger partial charge in [0.25, 0.3) is 0 Å². The second-order valence-electron chi connectivity index (χ2n) is 20.9. The Hall–Kier alpha value is -9.62. The van der Waals surface area contributed by atoms with Gasteiger partial charge in [-0.25, -0.2) is 0 Å². The standard InChI is InChI=1S/C78H48Se/c1-3-20-49(21-4-1)54-44-45-56(58-25-8-7-24-57(54)58)51-38-40-52(41-39-51)74-61-28-11-13-30-63(61)75(64-31-14-12-29-62(64)74)53-42-43-70-73(48-53)79-72-37-19-36-71(78(70)72)77-67-34-17-15-32-65(67)76(66-33-16-18-35-68(66)77)69-47-46-55(50-22-5-2-6-23-50)59-26-9-10-27-60(59)69/h1-48H. The molecule has 0 bridgehead atoms. The smallest absolute Gasteiger partial charge is 0.00992 e. The van der Waals surface area contributed by atoms with E-state index in [1.807, 2.05) is 0 Å². The van der Waals surface area contributed by atoms with E-state index in [1.54, 1.807) is 0 Å². The van der Waals surface area contributed by atoms with E-state index >= 15 is 0 Å². The average molecular weight is 1060 g/mol. The molecule has 16 rings (SSSR count). The van der Waals surface area contributed by atoms with Crippen LogP contribution in [0.5, 0.6) is 0 Å². The van der Waals surface area contributed by atoms with Crippen molar-refractivity contribution in [2.75, 3.05) is 0 Å². The number of rotatable bonds is 7. The van der Waals surface area contributed by atoms with Gasteiger partial charge in [0.05, 0.1) is 0 Å². The molecule has 0 N–H and O–H groups in total. The normalized spacial score (nSPS) is 11.8. The molecule has 1 heterocycles. The first-order chi connectivity index (χ1) is 39.2. The van der Waals surface area contributed by atoms with Gasteiger partial charge in [-0.3, -0.25) is 0 Å². The number of benzene rings is 15. The van der Waals surface area contributed by atoms with E-state index in [9.17, 15) is 0 Å². The van der Waals surface area contributed by atoms with Crippen molar-refractivity contribution in [3.05, 3.63) is 291 Å². The van der Waals surface area contributed by atoms with Crippen LogP contribution in [0.2, 0.25) is 0 Å². The predicted octanol–water partition coefficient (Wildman–Crippen LogP) is 21.6. The molecular formula is C78H48Se. The Kier molecular flexibility index (Phi) is 10.7. The van der Waals surface area contributed by atoms with Crippen LogP contribution in [-0.4, -0.2) is 14.5 Å². The van der Waals surface area contributed by atoms with Gasteiger partial charge in [0.15, 0.2) is 0 Å². The summed E-state index contributed by atoms with van der Waals surface area (Å²) in [7, 11) is 0. The van der Waals surface area contributed by atoms with Gasteiger partial charge < -0.3 is 0 Å². The van der Waals surface area contributed by atoms with Gasteiger partial charge in [-0.1, -0.05) is 97.1 Å². The van der Waals surface area contributed by atoms with Crippen molar-refractivity contribution in [2.45, 2.75) is 0 Å². The van der Waals surface area contributed by atoms with Crippen LogP contribution >= 0.6 is 0 Å². The summed E-state index contributed by atoms with van der Waals surface area (Å²) in [4.78, 5) is 0. The third-order valence-corrected chi connectivity index (χ3v) is 19.0. The Morgan fingerprint density at radius 3 is 0.949 bits per heavy atom. The summed E-state index contributed by atoms with van der Waals surface area (Å²) < 4.78 is 2.87. The Balaban J connectivity index is 0.836. The van der Waals surface area contributed by atoms with Crippen molar-refractivity contribution >= 4 is 98.4 Å². The van der Waals surface area contributed by atoms with Crippen LogP contribution in [-0.2, 0) is 0 Å². The Morgan fingerprint density at radius 2 is 0.494 bits per heavy atom. The second-order valence-corrected chi connectivity index (χ2v) is 23.2. The van der Waals surface area contributed by atoms with Crippen molar-refractivity contribution in [1.82, 2.24) is 0 Å². The molecule has 366 valence electrons. The first-order valence-corrected chi connectivity index (χ1v) is 29.0. The van der Waals surface area contributed by atoms with Crippen LogP contribution in [0.15, 0.2) is 291 Å². The molecule has 0 saturated heterocycles. The summed E-state index contributed by atoms with van der Waals surface area (Å²) >= 11 is 0.113. The Bertz CT molecular complexity index is 4990. The summed E-state index contributed by atoms with van der Waals surface area (Å²) in [6.07, 6.45) is 0. The molecule has 0 atom stereocenters. The monoisotopic (exact) mass is 1060 g/mol. The zero-order chi connectivity index (χ0) is 52.0. The molecular weight excluding hydrogens is 1020 g/mol. The van der Waals surface area contributed by atoms with Crippen LogP contribution < -0.4 is 0 Å². The van der Waals surface area contributed by atoms with E-state index in [2.05, 4.69) is 291 Å². The minimum absolute atomic E-state index is 0.113. The molecule has 0 aliphatic carbocycles. The molecule has 0 spiro atoms. The number of fused-ring (bicyclic) bond motifs is 9. The van der Waals surface area contributed by atoms with Gasteiger partial charge in [0.1, 0.15) is 0 Å². The maximum Gasteiger partial charge on any atom is -0.00992 e. The Labute approximate surface area is 464 Å². The average Bonchev–Trinajstić information content (AvgIpc) is 3.94. The van der Waals surface area contributed by atoms with Crippen LogP contribution in [0.4, 0.5) is 0 Å². The van der Waals surface area contributed by atoms with E-state index < -0.39 is 0 Å². The van der Waals surface area contributed by atoms with Crippen molar-refractivity contribution < 1.29 is 0 Å². The summed E-state index contributed by atoms with van der Waals surface area (Å²) in [6, 6.07) is 109. The van der Waals surface area contributed by atoms with Gasteiger partial charge >= 0.3 is 349 Å². The van der Waals surface area contributed by atoms with E-state index in [1.165, 1.54) is 162 Å². The van der Waals surface area contributed by atoms with Gasteiger partial charge in [-0.2, -0.15) is 0 Å². The molecule has 0 amide bonds. The molecule has 15 aromatic carbocycles. The topological polar surface area (TPSA) is 0 Å². The predicted molar refractivity (Wildman–Crippen MR) is 341 cm³/mol. The van der Waals surface area contributed by atoms with Gasteiger partial charge in [-0.05, 0) is 21.9 Å². The molecule has 1 aromatic heterocycles. The van der Waals surface area contributed by atoms with Crippen molar-refractivity contribution in [3.63, 3.8) is 0 Å². The molecule has 0 fully saturated rings. The van der Waals surface area contributed by atoms with Crippen LogP contribution in [0, 0.1) is 0 Å². The van der Waals surface area contributed by atoms with Crippen molar-refractivity contribution in [3.8, 4) is 77.9 Å². The molecule has 79 heavy (non-hydrogen) atoms. The minimum Gasteiger partial charge on any atom is -0.0617 e. The zero-order valence-electron chi connectivity index (χ0n) is 43.1. The molecule has 0 unspecified atom stereocenters. The fourth-order valence-corrected chi connectivity index (χ4v) is 15.7. The third kappa shape index (κ3) is 7.28. The molecule has 0 aliphatic rings. The quantitative estimate of drug-likeness (QED) is 0.110. The van der Waals surface area contributed by atoms with Crippen molar-refractivity contribution in [2.24, 2.45) is 0 Å². The summed E-state index contributed by atoms with van der Waals surface area (Å²) in [5, 5.41) is 17.9. The minimum atomic E-state index is 0.113. The fourth-order valence-electron chi connectivity index (χ4n) is 13.3. The SMILES string of the molecule is c1ccc(-c2ccc(-c3ccc(-c4c5ccccc5c(-c5ccc6c(c5)[se]c5cccc(-c7c8ccccc8c(-c8ccc(-c9ccccc9)c9ccccc89)c8ccccc78)c56)c5ccccc45)cc3)c3ccccc23)cc1.